The molecule has 1 saturated heterocycles. The summed E-state index contributed by atoms with van der Waals surface area (Å²) in [4.78, 5) is 11.3. The summed E-state index contributed by atoms with van der Waals surface area (Å²) in [5.41, 5.74) is 7.01. The Balaban J connectivity index is 1.46. The van der Waals surface area contributed by atoms with Crippen LogP contribution in [-0.4, -0.2) is 61.8 Å². The first-order chi connectivity index (χ1) is 11.2. The van der Waals surface area contributed by atoms with Gasteiger partial charge in [-0.15, -0.1) is 11.3 Å². The molecule has 1 fully saturated rings. The largest absolute Gasteiger partial charge is 0.379 e. The van der Waals surface area contributed by atoms with E-state index in [0.717, 1.165) is 77.3 Å². The Bertz CT molecular complexity index is 471. The number of morpholine rings is 1. The molecule has 0 unspecified atom stereocenters. The number of aryl methyl sites for hydroxylation is 2. The molecule has 0 atom stereocenters. The summed E-state index contributed by atoms with van der Waals surface area (Å²) in [5.74, 6) is 0.567. The van der Waals surface area contributed by atoms with Gasteiger partial charge in [0.2, 0.25) is 0 Å². The van der Waals surface area contributed by atoms with E-state index in [2.05, 4.69) is 25.6 Å². The molecular formula is C16H29N5OS. The second-order valence-electron chi connectivity index (χ2n) is 5.84. The summed E-state index contributed by atoms with van der Waals surface area (Å²) in [5, 5.41) is 6.52. The highest BCUT2D eigenvalue weighted by atomic mass is 32.1. The van der Waals surface area contributed by atoms with E-state index in [0.29, 0.717) is 5.96 Å². The Labute approximate surface area is 143 Å². The smallest absolute Gasteiger partial charge is 0.188 e. The number of nitrogens with two attached hydrogens (primary N) is 1. The first-order valence-corrected chi connectivity index (χ1v) is 9.37. The minimum atomic E-state index is 0.567. The van der Waals surface area contributed by atoms with Crippen LogP contribution in [-0.2, 0) is 11.2 Å². The van der Waals surface area contributed by atoms with Gasteiger partial charge in [-0.25, -0.2) is 4.98 Å². The van der Waals surface area contributed by atoms with Crippen molar-refractivity contribution in [1.82, 2.24) is 15.2 Å². The highest BCUT2D eigenvalue weighted by Crippen LogP contribution is 2.11. The molecule has 0 aliphatic carbocycles. The third kappa shape index (κ3) is 7.76. The Morgan fingerprint density at radius 1 is 1.39 bits per heavy atom. The molecule has 0 aromatic carbocycles. The monoisotopic (exact) mass is 339 g/mol. The maximum Gasteiger partial charge on any atom is 0.188 e. The maximum absolute atomic E-state index is 5.88. The van der Waals surface area contributed by atoms with Crippen LogP contribution < -0.4 is 11.1 Å². The van der Waals surface area contributed by atoms with Gasteiger partial charge in [-0.1, -0.05) is 0 Å². The zero-order chi connectivity index (χ0) is 16.3. The highest BCUT2D eigenvalue weighted by molar-refractivity contribution is 7.09. The fourth-order valence-corrected chi connectivity index (χ4v) is 3.33. The van der Waals surface area contributed by atoms with E-state index in [1.807, 2.05) is 6.92 Å². The Morgan fingerprint density at radius 2 is 2.22 bits per heavy atom. The van der Waals surface area contributed by atoms with Crippen LogP contribution in [0, 0.1) is 6.92 Å². The molecule has 130 valence electrons. The number of ether oxygens (including phenoxy) is 1. The number of thiazole rings is 1. The van der Waals surface area contributed by atoms with Gasteiger partial charge < -0.3 is 15.8 Å². The van der Waals surface area contributed by atoms with E-state index < -0.39 is 0 Å². The molecule has 0 bridgehead atoms. The lowest BCUT2D eigenvalue weighted by Crippen LogP contribution is -2.37. The second kappa shape index (κ2) is 10.6. The predicted octanol–water partition coefficient (Wildman–Crippen LogP) is 1.40. The number of guanidine groups is 1. The molecule has 3 N–H and O–H groups in total. The zero-order valence-electron chi connectivity index (χ0n) is 14.1. The third-order valence-corrected chi connectivity index (χ3v) is 4.83. The highest BCUT2D eigenvalue weighted by Gasteiger charge is 2.08. The van der Waals surface area contributed by atoms with Crippen molar-refractivity contribution in [2.45, 2.75) is 32.6 Å². The fourth-order valence-electron chi connectivity index (χ4n) is 2.51. The van der Waals surface area contributed by atoms with Gasteiger partial charge >= 0.3 is 0 Å². The van der Waals surface area contributed by atoms with Gasteiger partial charge in [-0.3, -0.25) is 9.89 Å². The van der Waals surface area contributed by atoms with Gasteiger partial charge in [0.25, 0.3) is 0 Å². The average Bonchev–Trinajstić information content (AvgIpc) is 2.98. The summed E-state index contributed by atoms with van der Waals surface area (Å²) in [7, 11) is 0. The van der Waals surface area contributed by atoms with E-state index in [-0.39, 0.29) is 0 Å². The lowest BCUT2D eigenvalue weighted by molar-refractivity contribution is 0.0377. The van der Waals surface area contributed by atoms with Crippen LogP contribution in [0.3, 0.4) is 0 Å². The molecule has 0 saturated carbocycles. The molecule has 0 spiro atoms. The number of aromatic nitrogens is 1. The minimum absolute atomic E-state index is 0.567. The SMILES string of the molecule is Cc1csc(CCCCNC(N)=NCCCN2CCOCC2)n1. The summed E-state index contributed by atoms with van der Waals surface area (Å²) < 4.78 is 5.34. The van der Waals surface area contributed by atoms with Crippen molar-refractivity contribution in [3.8, 4) is 0 Å². The van der Waals surface area contributed by atoms with Crippen LogP contribution in [0.25, 0.3) is 0 Å². The lowest BCUT2D eigenvalue weighted by Gasteiger charge is -2.26. The van der Waals surface area contributed by atoms with Gasteiger partial charge in [0.1, 0.15) is 0 Å². The number of aliphatic imine (C=N–C) groups is 1. The predicted molar refractivity (Wildman–Crippen MR) is 96.2 cm³/mol. The van der Waals surface area contributed by atoms with Crippen LogP contribution in [0.4, 0.5) is 0 Å². The third-order valence-electron chi connectivity index (χ3n) is 3.81. The van der Waals surface area contributed by atoms with Crippen LogP contribution in [0.15, 0.2) is 10.4 Å². The first-order valence-electron chi connectivity index (χ1n) is 8.49. The van der Waals surface area contributed by atoms with E-state index in [9.17, 15) is 0 Å². The molecule has 7 heteroatoms. The summed E-state index contributed by atoms with van der Waals surface area (Å²) in [6.45, 7) is 8.57. The quantitative estimate of drug-likeness (QED) is 0.404. The van der Waals surface area contributed by atoms with E-state index in [4.69, 9.17) is 10.5 Å². The van der Waals surface area contributed by atoms with Crippen molar-refractivity contribution in [3.05, 3.63) is 16.1 Å². The van der Waals surface area contributed by atoms with Crippen LogP contribution >= 0.6 is 11.3 Å². The van der Waals surface area contributed by atoms with Crippen molar-refractivity contribution < 1.29 is 4.74 Å². The summed E-state index contributed by atoms with van der Waals surface area (Å²) in [6.07, 6.45) is 4.31. The van der Waals surface area contributed by atoms with Crippen molar-refractivity contribution in [3.63, 3.8) is 0 Å². The summed E-state index contributed by atoms with van der Waals surface area (Å²) >= 11 is 1.75. The number of hydrogen-bond acceptors (Lipinski definition) is 5. The van der Waals surface area contributed by atoms with Crippen molar-refractivity contribution in [2.24, 2.45) is 10.7 Å². The second-order valence-corrected chi connectivity index (χ2v) is 6.78. The van der Waals surface area contributed by atoms with Gasteiger partial charge in [0.05, 0.1) is 18.2 Å². The number of nitrogens with zero attached hydrogens (tertiary/aromatic N) is 3. The van der Waals surface area contributed by atoms with E-state index in [1.54, 1.807) is 11.3 Å². The number of unbranched alkanes of at least 4 members (excludes halogenated alkanes) is 1. The van der Waals surface area contributed by atoms with Crippen molar-refractivity contribution in [1.29, 1.82) is 0 Å². The molecule has 23 heavy (non-hydrogen) atoms. The average molecular weight is 340 g/mol. The summed E-state index contributed by atoms with van der Waals surface area (Å²) in [6, 6.07) is 0. The van der Waals surface area contributed by atoms with Crippen molar-refractivity contribution >= 4 is 17.3 Å². The van der Waals surface area contributed by atoms with Gasteiger partial charge in [0, 0.05) is 43.8 Å². The fraction of sp³-hybridized carbons (Fsp3) is 0.750. The molecule has 0 radical (unpaired) electrons. The molecule has 1 aromatic heterocycles. The number of hydrogen-bond donors (Lipinski definition) is 2. The maximum atomic E-state index is 5.88. The Hall–Kier alpha value is -1.18. The lowest BCUT2D eigenvalue weighted by atomic mass is 10.2. The van der Waals surface area contributed by atoms with Crippen molar-refractivity contribution in [2.75, 3.05) is 45.9 Å². The Kier molecular flexibility index (Phi) is 8.35. The molecule has 1 aromatic rings. The first kappa shape index (κ1) is 18.2. The van der Waals surface area contributed by atoms with Crippen LogP contribution in [0.2, 0.25) is 0 Å². The zero-order valence-corrected chi connectivity index (χ0v) is 14.9. The topological polar surface area (TPSA) is 75.8 Å². The molecule has 6 nitrogen and oxygen atoms in total. The van der Waals surface area contributed by atoms with E-state index in [1.165, 1.54) is 5.01 Å². The number of nitrogens with one attached hydrogen (secondary N) is 1. The number of rotatable bonds is 9. The molecule has 2 heterocycles. The van der Waals surface area contributed by atoms with Gasteiger partial charge in [-0.2, -0.15) is 0 Å². The molecule has 1 aliphatic heterocycles. The normalized spacial score (nSPS) is 16.7. The van der Waals surface area contributed by atoms with Crippen LogP contribution in [0.5, 0.6) is 0 Å². The molecular weight excluding hydrogens is 310 g/mol. The molecule has 1 aliphatic rings. The van der Waals surface area contributed by atoms with Gasteiger partial charge in [-0.05, 0) is 32.6 Å². The minimum Gasteiger partial charge on any atom is -0.379 e. The standard InChI is InChI=1S/C16H29N5OS/c1-14-13-23-15(20-14)5-2-3-6-18-16(17)19-7-4-8-21-9-11-22-12-10-21/h13H,2-12H2,1H3,(H3,17,18,19). The Morgan fingerprint density at radius 3 is 2.96 bits per heavy atom. The molecule has 0 amide bonds. The van der Waals surface area contributed by atoms with Gasteiger partial charge in [0.15, 0.2) is 5.96 Å². The van der Waals surface area contributed by atoms with Crippen LogP contribution in [0.1, 0.15) is 30.0 Å². The molecule has 2 rings (SSSR count). The van der Waals surface area contributed by atoms with E-state index >= 15 is 0 Å².